The van der Waals surface area contributed by atoms with E-state index in [9.17, 15) is 24.0 Å². The van der Waals surface area contributed by atoms with Gasteiger partial charge >= 0.3 is 5.97 Å². The molecule has 0 aliphatic carbocycles. The van der Waals surface area contributed by atoms with Gasteiger partial charge in [-0.15, -0.1) is 5.06 Å². The lowest BCUT2D eigenvalue weighted by Crippen LogP contribution is -2.51. The van der Waals surface area contributed by atoms with Crippen molar-refractivity contribution in [1.29, 1.82) is 0 Å². The van der Waals surface area contributed by atoms with Crippen LogP contribution in [0.25, 0.3) is 0 Å². The quantitative estimate of drug-likeness (QED) is 0.591. The van der Waals surface area contributed by atoms with Crippen LogP contribution in [-0.2, 0) is 28.8 Å². The summed E-state index contributed by atoms with van der Waals surface area (Å²) in [6.07, 6.45) is 2.05. The summed E-state index contributed by atoms with van der Waals surface area (Å²) in [6, 6.07) is -0.548. The van der Waals surface area contributed by atoms with Crippen LogP contribution in [0.3, 0.4) is 0 Å². The van der Waals surface area contributed by atoms with E-state index in [2.05, 4.69) is 10.2 Å². The van der Waals surface area contributed by atoms with E-state index < -0.39 is 48.8 Å². The second-order valence-electron chi connectivity index (χ2n) is 7.81. The summed E-state index contributed by atoms with van der Waals surface area (Å²) in [5, 5.41) is 2.81. The molecule has 1 N–H and O–H groups in total. The Hall–Kier alpha value is -2.29. The molecule has 4 atom stereocenters. The molecule has 2 fully saturated rings. The van der Waals surface area contributed by atoms with Crippen molar-refractivity contribution in [3.8, 4) is 0 Å². The summed E-state index contributed by atoms with van der Waals surface area (Å²) in [4.78, 5) is 67.4. The molecule has 0 aromatic rings. The Labute approximate surface area is 175 Å². The van der Waals surface area contributed by atoms with Crippen LogP contribution in [0.4, 0.5) is 0 Å². The maximum atomic E-state index is 12.6. The van der Waals surface area contributed by atoms with E-state index >= 15 is 0 Å². The van der Waals surface area contributed by atoms with Gasteiger partial charge in [0.15, 0.2) is 5.78 Å². The molecule has 2 aliphatic heterocycles. The van der Waals surface area contributed by atoms with Crippen molar-refractivity contribution in [2.45, 2.75) is 84.3 Å². The van der Waals surface area contributed by atoms with Gasteiger partial charge in [0.05, 0.1) is 18.5 Å². The van der Waals surface area contributed by atoms with Crippen LogP contribution < -0.4 is 5.32 Å². The number of likely N-dealkylation sites (tertiary alicyclic amines) is 1. The standard InChI is InChI=1S/C20H31N3O6/c1-12(20(28)29-23-18(26)8-9-19(23)27)10-16(24)15(4)21-17(25)11-22-13(2)6-5-7-14(22)3/h12-15H,5-11H2,1-4H3,(H,21,25)/i1D3. The van der Waals surface area contributed by atoms with E-state index in [1.165, 1.54) is 6.92 Å². The van der Waals surface area contributed by atoms with Gasteiger partial charge in [-0.3, -0.25) is 24.1 Å². The molecule has 2 heterocycles. The van der Waals surface area contributed by atoms with E-state index in [1.807, 2.05) is 13.8 Å². The minimum absolute atomic E-state index is 0.115. The molecule has 0 aromatic carbocycles. The van der Waals surface area contributed by atoms with Crippen molar-refractivity contribution in [3.63, 3.8) is 0 Å². The van der Waals surface area contributed by atoms with E-state index in [4.69, 9.17) is 8.95 Å². The molecule has 29 heavy (non-hydrogen) atoms. The number of hydrogen-bond acceptors (Lipinski definition) is 7. The molecule has 3 amide bonds. The number of piperidine rings is 1. The van der Waals surface area contributed by atoms with Gasteiger partial charge in [-0.1, -0.05) is 13.3 Å². The summed E-state index contributed by atoms with van der Waals surface area (Å²) >= 11 is 0. The summed E-state index contributed by atoms with van der Waals surface area (Å²) < 4.78 is 22.7. The summed E-state index contributed by atoms with van der Waals surface area (Å²) in [6.45, 7) is 2.71. The van der Waals surface area contributed by atoms with E-state index in [1.54, 1.807) is 0 Å². The van der Waals surface area contributed by atoms with Crippen LogP contribution in [0.15, 0.2) is 0 Å². The molecular weight excluding hydrogens is 378 g/mol. The topological polar surface area (TPSA) is 113 Å². The number of amides is 3. The maximum Gasteiger partial charge on any atom is 0.336 e. The summed E-state index contributed by atoms with van der Waals surface area (Å²) in [5.74, 6) is -5.78. The van der Waals surface area contributed by atoms with E-state index in [-0.39, 0.29) is 42.4 Å². The highest BCUT2D eigenvalue weighted by molar-refractivity contribution is 6.01. The van der Waals surface area contributed by atoms with Gasteiger partial charge in [0.1, 0.15) is 0 Å². The Kier molecular flexibility index (Phi) is 6.43. The average molecular weight is 413 g/mol. The fraction of sp³-hybridized carbons (Fsp3) is 0.750. The lowest BCUT2D eigenvalue weighted by Gasteiger charge is -2.38. The number of carbonyl (C=O) groups is 5. The Bertz CT molecular complexity index is 746. The number of Topliss-reactive ketones (excluding diaryl/α,β-unsaturated/α-hetero) is 1. The first-order valence-corrected chi connectivity index (χ1v) is 9.96. The monoisotopic (exact) mass is 412 g/mol. The molecule has 0 aromatic heterocycles. The number of carbonyl (C=O) groups excluding carboxylic acids is 5. The predicted octanol–water partition coefficient (Wildman–Crippen LogP) is 0.956. The highest BCUT2D eigenvalue weighted by Gasteiger charge is 2.35. The SMILES string of the molecule is [2H]C([2H])([2H])C(CC(=O)C(C)NC(=O)CN1C(C)CCCC1C)C(=O)ON1C(=O)CCC1=O. The average Bonchev–Trinajstić information content (AvgIpc) is 2.99. The Morgan fingerprint density at radius 3 is 2.31 bits per heavy atom. The molecule has 4 unspecified atom stereocenters. The molecule has 9 nitrogen and oxygen atoms in total. The lowest BCUT2D eigenvalue weighted by molar-refractivity contribution is -0.200. The maximum absolute atomic E-state index is 12.6. The Morgan fingerprint density at radius 1 is 1.17 bits per heavy atom. The molecular formula is C20H31N3O6. The first-order chi connectivity index (χ1) is 14.8. The van der Waals surface area contributed by atoms with Crippen molar-refractivity contribution in [2.24, 2.45) is 5.92 Å². The Morgan fingerprint density at radius 2 is 1.76 bits per heavy atom. The molecule has 0 spiro atoms. The van der Waals surface area contributed by atoms with Crippen molar-refractivity contribution in [1.82, 2.24) is 15.3 Å². The molecule has 2 aliphatic rings. The van der Waals surface area contributed by atoms with Gasteiger partial charge in [0.25, 0.3) is 11.8 Å². The number of imide groups is 1. The van der Waals surface area contributed by atoms with Crippen LogP contribution in [0.5, 0.6) is 0 Å². The first-order valence-electron chi connectivity index (χ1n) is 11.5. The van der Waals surface area contributed by atoms with Gasteiger partial charge in [-0.05, 0) is 33.6 Å². The van der Waals surface area contributed by atoms with E-state index in [0.29, 0.717) is 0 Å². The zero-order chi connectivity index (χ0) is 24.2. The summed E-state index contributed by atoms with van der Waals surface area (Å²) in [5.41, 5.74) is 0. The van der Waals surface area contributed by atoms with Gasteiger partial charge in [-0.25, -0.2) is 4.79 Å². The van der Waals surface area contributed by atoms with Crippen LogP contribution >= 0.6 is 0 Å². The van der Waals surface area contributed by atoms with Crippen LogP contribution in [0.1, 0.15) is 70.3 Å². The number of hydroxylamine groups is 2. The molecule has 0 bridgehead atoms. The van der Waals surface area contributed by atoms with Crippen LogP contribution in [0, 0.1) is 5.92 Å². The van der Waals surface area contributed by atoms with Gasteiger partial charge in [0, 0.05) is 35.5 Å². The van der Waals surface area contributed by atoms with Crippen molar-refractivity contribution in [2.75, 3.05) is 6.54 Å². The number of ketones is 1. The lowest BCUT2D eigenvalue weighted by atomic mass is 9.97. The molecule has 0 saturated carbocycles. The summed E-state index contributed by atoms with van der Waals surface area (Å²) in [7, 11) is 0. The molecule has 2 saturated heterocycles. The highest BCUT2D eigenvalue weighted by atomic mass is 16.7. The number of rotatable bonds is 8. The fourth-order valence-corrected chi connectivity index (χ4v) is 3.59. The van der Waals surface area contributed by atoms with Crippen LogP contribution in [-0.4, -0.2) is 64.1 Å². The highest BCUT2D eigenvalue weighted by Crippen LogP contribution is 2.22. The third kappa shape index (κ3) is 6.09. The zero-order valence-corrected chi connectivity index (χ0v) is 17.1. The second-order valence-corrected chi connectivity index (χ2v) is 7.81. The minimum atomic E-state index is -2.90. The molecule has 9 heteroatoms. The smallest absolute Gasteiger partial charge is 0.336 e. The largest absolute Gasteiger partial charge is 0.345 e. The van der Waals surface area contributed by atoms with E-state index in [0.717, 1.165) is 19.3 Å². The number of hydrogen-bond donors (Lipinski definition) is 1. The molecule has 0 radical (unpaired) electrons. The third-order valence-electron chi connectivity index (χ3n) is 5.44. The fourth-order valence-electron chi connectivity index (χ4n) is 3.59. The first kappa shape index (κ1) is 18.7. The Balaban J connectivity index is 1.96. The molecule has 162 valence electrons. The number of nitrogens with zero attached hydrogens (tertiary/aromatic N) is 2. The number of nitrogens with one attached hydrogen (secondary N) is 1. The van der Waals surface area contributed by atoms with Gasteiger partial charge in [0.2, 0.25) is 5.91 Å². The second kappa shape index (κ2) is 9.96. The minimum Gasteiger partial charge on any atom is -0.345 e. The predicted molar refractivity (Wildman–Crippen MR) is 103 cm³/mol. The van der Waals surface area contributed by atoms with Crippen molar-refractivity contribution < 1.29 is 32.9 Å². The van der Waals surface area contributed by atoms with Crippen LogP contribution in [0.2, 0.25) is 0 Å². The van der Waals surface area contributed by atoms with Crippen molar-refractivity contribution >= 4 is 29.5 Å². The molecule has 2 rings (SSSR count). The zero-order valence-electron chi connectivity index (χ0n) is 20.1. The van der Waals surface area contributed by atoms with Gasteiger partial charge < -0.3 is 10.2 Å². The normalized spacial score (nSPS) is 26.9. The third-order valence-corrected chi connectivity index (χ3v) is 5.44. The van der Waals surface area contributed by atoms with Gasteiger partial charge in [-0.2, -0.15) is 0 Å². The van der Waals surface area contributed by atoms with Crippen molar-refractivity contribution in [3.05, 3.63) is 0 Å².